The average Bonchev–Trinajstić information content (AvgIpc) is 3.48. The van der Waals surface area contributed by atoms with Crippen molar-refractivity contribution in [3.63, 3.8) is 0 Å². The molecule has 0 aliphatic carbocycles. The van der Waals surface area contributed by atoms with E-state index in [2.05, 4.69) is 42.1 Å². The lowest BCUT2D eigenvalue weighted by molar-refractivity contribution is -0.909. The van der Waals surface area contributed by atoms with Gasteiger partial charge in [0.05, 0.1) is 40.1 Å². The first-order chi connectivity index (χ1) is 16.7. The number of imidazole rings is 2. The van der Waals surface area contributed by atoms with Crippen molar-refractivity contribution in [1.82, 2.24) is 19.9 Å². The van der Waals surface area contributed by atoms with Gasteiger partial charge in [-0.05, 0) is 60.7 Å². The van der Waals surface area contributed by atoms with E-state index in [9.17, 15) is 5.11 Å². The lowest BCUT2D eigenvalue weighted by atomic mass is 10.2. The van der Waals surface area contributed by atoms with Crippen molar-refractivity contribution in [2.45, 2.75) is 0 Å². The minimum absolute atomic E-state index is 0.228. The highest BCUT2D eigenvalue weighted by molar-refractivity contribution is 5.87. The number of phenols is 1. The molecular formula is C24H22N9O+. The van der Waals surface area contributed by atoms with Crippen molar-refractivity contribution in [1.29, 1.82) is 0 Å². The van der Waals surface area contributed by atoms with E-state index in [-0.39, 0.29) is 5.75 Å². The van der Waals surface area contributed by atoms with E-state index >= 15 is 0 Å². The quantitative estimate of drug-likeness (QED) is 0.189. The fraction of sp³-hybridized carbons (Fsp3) is 0.167. The number of aromatic amines is 2. The molecule has 168 valence electrons. The lowest BCUT2D eigenvalue weighted by Crippen LogP contribution is -3.10. The zero-order chi connectivity index (χ0) is 23.1. The third kappa shape index (κ3) is 3.66. The number of anilines is 1. The molecule has 0 radical (unpaired) electrons. The Morgan fingerprint density at radius 2 is 1.47 bits per heavy atom. The molecule has 1 aliphatic rings. The molecule has 0 amide bonds. The number of azide groups is 1. The molecule has 6 rings (SSSR count). The summed E-state index contributed by atoms with van der Waals surface area (Å²) in [6.45, 7) is 3.24. The van der Waals surface area contributed by atoms with Gasteiger partial charge in [0, 0.05) is 22.3 Å². The number of quaternary nitrogens is 1. The van der Waals surface area contributed by atoms with E-state index in [1.807, 2.05) is 36.4 Å². The SMILES string of the molecule is [N-]=[N+]=N[NH+]1CCN(c2ccc3nc(-c4ccc5nc(-c6ccc(O)cc6)[nH]c5c4)[nH]c3c2)CC1. The maximum absolute atomic E-state index is 9.53. The molecule has 0 saturated carbocycles. The van der Waals surface area contributed by atoms with Crippen molar-refractivity contribution >= 4 is 27.8 Å². The van der Waals surface area contributed by atoms with Gasteiger partial charge in [-0.2, -0.15) is 0 Å². The standard InChI is InChI=1S/C24H21N9O/c25-30-31-33-11-9-32(10-12-33)17-4-8-20-22(14-17)29-24(27-20)16-3-7-19-21(13-16)28-23(26-19)15-1-5-18(34)6-2-15/h1-8,13-14,34H,9-12H2,(H,26,28)(H,27,29)/p+1. The summed E-state index contributed by atoms with van der Waals surface area (Å²) < 4.78 is 0. The summed E-state index contributed by atoms with van der Waals surface area (Å²) >= 11 is 0. The zero-order valence-electron chi connectivity index (χ0n) is 18.2. The molecule has 1 aliphatic heterocycles. The van der Waals surface area contributed by atoms with Gasteiger partial charge in [0.25, 0.3) is 0 Å². The van der Waals surface area contributed by atoms with Crippen LogP contribution >= 0.6 is 0 Å². The molecule has 3 aromatic carbocycles. The Balaban J connectivity index is 1.28. The summed E-state index contributed by atoms with van der Waals surface area (Å²) in [5.74, 6) is 1.78. The zero-order valence-corrected chi connectivity index (χ0v) is 18.2. The van der Waals surface area contributed by atoms with Gasteiger partial charge in [0.15, 0.2) is 0 Å². The number of benzene rings is 3. The molecule has 3 heterocycles. The van der Waals surface area contributed by atoms with Crippen LogP contribution < -0.4 is 9.91 Å². The number of aromatic hydroxyl groups is 1. The molecule has 0 unspecified atom stereocenters. The van der Waals surface area contributed by atoms with Crippen LogP contribution in [0.5, 0.6) is 5.75 Å². The van der Waals surface area contributed by atoms with Gasteiger partial charge in [0.2, 0.25) is 0 Å². The van der Waals surface area contributed by atoms with Crippen LogP contribution in [0.2, 0.25) is 0 Å². The monoisotopic (exact) mass is 452 g/mol. The Labute approximate surface area is 194 Å². The topological polar surface area (TPSA) is 134 Å². The van der Waals surface area contributed by atoms with Crippen molar-refractivity contribution < 1.29 is 10.1 Å². The molecule has 5 aromatic rings. The van der Waals surface area contributed by atoms with Crippen molar-refractivity contribution in [2.24, 2.45) is 5.22 Å². The summed E-state index contributed by atoms with van der Waals surface area (Å²) in [6, 6.07) is 19.3. The lowest BCUT2D eigenvalue weighted by Gasteiger charge is -2.30. The maximum atomic E-state index is 9.53. The van der Waals surface area contributed by atoms with Gasteiger partial charge in [-0.25, -0.2) is 15.0 Å². The van der Waals surface area contributed by atoms with Crippen LogP contribution in [0.3, 0.4) is 0 Å². The fourth-order valence-electron chi connectivity index (χ4n) is 4.43. The number of rotatable bonds is 4. The largest absolute Gasteiger partial charge is 0.508 e. The Bertz CT molecular complexity index is 1540. The molecular weight excluding hydrogens is 430 g/mol. The molecule has 0 spiro atoms. The Hall–Kier alpha value is -4.53. The fourth-order valence-corrected chi connectivity index (χ4v) is 4.43. The van der Waals surface area contributed by atoms with Crippen LogP contribution in [0.25, 0.3) is 55.3 Å². The van der Waals surface area contributed by atoms with E-state index in [0.29, 0.717) is 0 Å². The van der Waals surface area contributed by atoms with Crippen molar-refractivity contribution in [3.05, 3.63) is 71.1 Å². The molecule has 0 atom stereocenters. The number of nitrogens with one attached hydrogen (secondary N) is 3. The first-order valence-electron chi connectivity index (χ1n) is 11.1. The summed E-state index contributed by atoms with van der Waals surface area (Å²) in [7, 11) is 0. The van der Waals surface area contributed by atoms with E-state index in [1.165, 1.54) is 0 Å². The second-order valence-electron chi connectivity index (χ2n) is 8.39. The van der Waals surface area contributed by atoms with Crippen LogP contribution in [-0.4, -0.2) is 51.2 Å². The number of nitrogens with zero attached hydrogens (tertiary/aromatic N) is 6. The highest BCUT2D eigenvalue weighted by atomic mass is 16.3. The normalized spacial score (nSPS) is 14.5. The number of hydrogen-bond donors (Lipinski definition) is 4. The van der Waals surface area contributed by atoms with Gasteiger partial charge in [-0.15, -0.1) is 0 Å². The third-order valence-electron chi connectivity index (χ3n) is 6.25. The second kappa shape index (κ2) is 8.11. The van der Waals surface area contributed by atoms with E-state index in [0.717, 1.165) is 81.7 Å². The van der Waals surface area contributed by atoms with Gasteiger partial charge < -0.3 is 20.0 Å². The predicted octanol–water partition coefficient (Wildman–Crippen LogP) is 3.41. The van der Waals surface area contributed by atoms with Gasteiger partial charge in [-0.1, -0.05) is 0 Å². The van der Waals surface area contributed by atoms with Crippen molar-refractivity contribution in [2.75, 3.05) is 31.1 Å². The third-order valence-corrected chi connectivity index (χ3v) is 6.25. The minimum Gasteiger partial charge on any atom is -0.508 e. The number of aromatic nitrogens is 4. The van der Waals surface area contributed by atoms with Crippen LogP contribution in [-0.2, 0) is 0 Å². The minimum atomic E-state index is 0.228. The highest BCUT2D eigenvalue weighted by Gasteiger charge is 2.20. The molecule has 0 bridgehead atoms. The summed E-state index contributed by atoms with van der Waals surface area (Å²) in [5.41, 5.74) is 15.3. The number of hydrogen-bond acceptors (Lipinski definition) is 5. The Morgan fingerprint density at radius 1 is 0.853 bits per heavy atom. The molecule has 4 N–H and O–H groups in total. The molecule has 2 aromatic heterocycles. The van der Waals surface area contributed by atoms with Gasteiger partial charge in [-0.3, -0.25) is 0 Å². The van der Waals surface area contributed by atoms with Crippen molar-refractivity contribution in [3.8, 4) is 28.5 Å². The summed E-state index contributed by atoms with van der Waals surface area (Å²) in [4.78, 5) is 21.5. The van der Waals surface area contributed by atoms with Crippen LogP contribution in [0.1, 0.15) is 0 Å². The van der Waals surface area contributed by atoms with Crippen LogP contribution in [0.4, 0.5) is 5.69 Å². The van der Waals surface area contributed by atoms with Crippen LogP contribution in [0, 0.1) is 0 Å². The predicted molar refractivity (Wildman–Crippen MR) is 130 cm³/mol. The maximum Gasteiger partial charge on any atom is 0.138 e. The van der Waals surface area contributed by atoms with E-state index in [1.54, 1.807) is 12.1 Å². The molecule has 1 saturated heterocycles. The highest BCUT2D eigenvalue weighted by Crippen LogP contribution is 2.28. The Kier molecular flexibility index (Phi) is 4.80. The van der Waals surface area contributed by atoms with E-state index < -0.39 is 0 Å². The number of piperazine rings is 1. The summed E-state index contributed by atoms with van der Waals surface area (Å²) in [5, 5.41) is 14.2. The van der Waals surface area contributed by atoms with E-state index in [4.69, 9.17) is 10.5 Å². The first-order valence-corrected chi connectivity index (χ1v) is 11.1. The Morgan fingerprint density at radius 3 is 2.18 bits per heavy atom. The number of fused-ring (bicyclic) bond motifs is 2. The second-order valence-corrected chi connectivity index (χ2v) is 8.39. The van der Waals surface area contributed by atoms with Crippen LogP contribution in [0.15, 0.2) is 65.9 Å². The summed E-state index contributed by atoms with van der Waals surface area (Å²) in [6.07, 6.45) is 0. The molecule has 10 nitrogen and oxygen atoms in total. The average molecular weight is 453 g/mol. The number of phenolic OH excluding ortho intramolecular Hbond substituents is 1. The van der Waals surface area contributed by atoms with Gasteiger partial charge >= 0.3 is 0 Å². The molecule has 34 heavy (non-hydrogen) atoms. The first kappa shape index (κ1) is 20.1. The smallest absolute Gasteiger partial charge is 0.138 e. The number of H-pyrrole nitrogens is 2. The van der Waals surface area contributed by atoms with Gasteiger partial charge in [0.1, 0.15) is 35.7 Å². The molecule has 10 heteroatoms. The molecule has 1 fully saturated rings.